The van der Waals surface area contributed by atoms with E-state index in [4.69, 9.17) is 18.9 Å². The van der Waals surface area contributed by atoms with Crippen molar-refractivity contribution >= 4 is 6.09 Å². The molecule has 0 N–H and O–H groups in total. The van der Waals surface area contributed by atoms with Crippen molar-refractivity contribution in [1.29, 1.82) is 0 Å². The third-order valence-corrected chi connectivity index (χ3v) is 8.41. The summed E-state index contributed by atoms with van der Waals surface area (Å²) in [6.07, 6.45) is 2.23. The Morgan fingerprint density at radius 3 is 1.95 bits per heavy atom. The highest BCUT2D eigenvalue weighted by molar-refractivity contribution is 5.67. The van der Waals surface area contributed by atoms with Gasteiger partial charge in [0.05, 0.1) is 19.3 Å². The van der Waals surface area contributed by atoms with Gasteiger partial charge in [0.2, 0.25) is 0 Å². The molecule has 3 aromatic carbocycles. The highest BCUT2D eigenvalue weighted by Gasteiger charge is 2.39. The number of amides is 1. The first-order valence-corrected chi connectivity index (χ1v) is 15.4. The molecule has 6 heteroatoms. The van der Waals surface area contributed by atoms with Crippen molar-refractivity contribution in [1.82, 2.24) is 4.90 Å². The first kappa shape index (κ1) is 31.7. The molecule has 42 heavy (non-hydrogen) atoms. The number of unbranched alkanes of at least 4 members (excludes halogenated alkanes) is 2. The topological polar surface area (TPSA) is 57.2 Å². The van der Waals surface area contributed by atoms with E-state index in [9.17, 15) is 4.79 Å². The number of carbonyl (C=O) groups excluding carboxylic acids is 1. The lowest BCUT2D eigenvalue weighted by Crippen LogP contribution is -2.47. The second-order valence-electron chi connectivity index (χ2n) is 11.5. The Morgan fingerprint density at radius 1 is 0.714 bits per heavy atom. The molecular weight excluding hydrogens is 526 g/mol. The number of ether oxygens (including phenoxy) is 4. The highest BCUT2D eigenvalue weighted by Crippen LogP contribution is 2.35. The lowest BCUT2D eigenvalue weighted by Gasteiger charge is -2.43. The molecule has 226 valence electrons. The van der Waals surface area contributed by atoms with Crippen LogP contribution in [0, 0.1) is 17.8 Å². The van der Waals surface area contributed by atoms with Gasteiger partial charge in [-0.25, -0.2) is 4.79 Å². The Bertz CT molecular complexity index is 1160. The molecule has 0 aromatic heterocycles. The van der Waals surface area contributed by atoms with E-state index in [0.717, 1.165) is 30.4 Å². The monoisotopic (exact) mass is 573 g/mol. The molecule has 1 heterocycles. The average Bonchev–Trinajstić information content (AvgIpc) is 3.03. The zero-order valence-corrected chi connectivity index (χ0v) is 25.4. The molecule has 6 nitrogen and oxygen atoms in total. The molecule has 1 aliphatic rings. The number of hydrogen-bond acceptors (Lipinski definition) is 5. The Labute approximate surface area is 251 Å². The summed E-state index contributed by atoms with van der Waals surface area (Å²) >= 11 is 0. The Balaban J connectivity index is 1.19. The van der Waals surface area contributed by atoms with Crippen LogP contribution in [0.3, 0.4) is 0 Å². The molecule has 1 amide bonds. The molecule has 0 aliphatic carbocycles. The van der Waals surface area contributed by atoms with Crippen LogP contribution in [0.2, 0.25) is 0 Å². The van der Waals surface area contributed by atoms with Crippen molar-refractivity contribution < 1.29 is 23.7 Å². The predicted octanol–water partition coefficient (Wildman–Crippen LogP) is 7.86. The normalized spacial score (nSPS) is 22.0. The molecule has 2 unspecified atom stereocenters. The van der Waals surface area contributed by atoms with E-state index < -0.39 is 0 Å². The van der Waals surface area contributed by atoms with Crippen LogP contribution in [0.1, 0.15) is 56.7 Å². The van der Waals surface area contributed by atoms with Gasteiger partial charge in [0.15, 0.2) is 6.29 Å². The van der Waals surface area contributed by atoms with Crippen molar-refractivity contribution in [2.24, 2.45) is 17.8 Å². The largest absolute Gasteiger partial charge is 0.445 e. The van der Waals surface area contributed by atoms with Crippen LogP contribution in [0.25, 0.3) is 0 Å². The fraction of sp³-hybridized carbons (Fsp3) is 0.472. The summed E-state index contributed by atoms with van der Waals surface area (Å²) in [5, 5.41) is 0. The van der Waals surface area contributed by atoms with E-state index in [1.54, 1.807) is 4.90 Å². The van der Waals surface area contributed by atoms with E-state index in [1.165, 1.54) is 5.56 Å². The second-order valence-corrected chi connectivity index (χ2v) is 11.5. The number of rotatable bonds is 15. The molecule has 0 spiro atoms. The lowest BCUT2D eigenvalue weighted by molar-refractivity contribution is -0.257. The third-order valence-electron chi connectivity index (χ3n) is 8.41. The van der Waals surface area contributed by atoms with Crippen LogP contribution < -0.4 is 0 Å². The fourth-order valence-corrected chi connectivity index (χ4v) is 5.36. The summed E-state index contributed by atoms with van der Waals surface area (Å²) in [4.78, 5) is 14.8. The van der Waals surface area contributed by atoms with Crippen molar-refractivity contribution in [3.63, 3.8) is 0 Å². The minimum Gasteiger partial charge on any atom is -0.445 e. The first-order valence-electron chi connectivity index (χ1n) is 15.4. The Morgan fingerprint density at radius 2 is 1.31 bits per heavy atom. The van der Waals surface area contributed by atoms with Gasteiger partial charge in [-0.3, -0.25) is 0 Å². The van der Waals surface area contributed by atoms with Gasteiger partial charge in [-0.15, -0.1) is 0 Å². The summed E-state index contributed by atoms with van der Waals surface area (Å²) in [5.41, 5.74) is 3.24. The molecule has 1 fully saturated rings. The molecule has 1 aliphatic heterocycles. The molecule has 0 bridgehead atoms. The van der Waals surface area contributed by atoms with E-state index >= 15 is 0 Å². The summed E-state index contributed by atoms with van der Waals surface area (Å²) < 4.78 is 24.3. The zero-order valence-electron chi connectivity index (χ0n) is 25.4. The number of nitrogens with zero attached hydrogens (tertiary/aromatic N) is 1. The van der Waals surface area contributed by atoms with Crippen molar-refractivity contribution in [3.8, 4) is 0 Å². The van der Waals surface area contributed by atoms with E-state index in [1.807, 2.05) is 78.9 Å². The molecule has 0 saturated carbocycles. The molecule has 0 radical (unpaired) electrons. The Hall–Kier alpha value is -3.19. The van der Waals surface area contributed by atoms with E-state index in [-0.39, 0.29) is 25.1 Å². The van der Waals surface area contributed by atoms with Gasteiger partial charge in [-0.2, -0.15) is 0 Å². The number of benzene rings is 3. The van der Waals surface area contributed by atoms with Gasteiger partial charge in [0, 0.05) is 25.6 Å². The second kappa shape index (κ2) is 17.1. The van der Waals surface area contributed by atoms with Gasteiger partial charge in [0.1, 0.15) is 6.61 Å². The summed E-state index contributed by atoms with van der Waals surface area (Å²) in [6, 6.07) is 30.1. The molecule has 5 atom stereocenters. The van der Waals surface area contributed by atoms with Crippen LogP contribution in [0.5, 0.6) is 0 Å². The maximum atomic E-state index is 13.0. The zero-order chi connectivity index (χ0) is 29.6. The average molecular weight is 574 g/mol. The van der Waals surface area contributed by atoms with Gasteiger partial charge < -0.3 is 23.8 Å². The maximum Gasteiger partial charge on any atom is 0.410 e. The van der Waals surface area contributed by atoms with Crippen molar-refractivity contribution in [3.05, 3.63) is 108 Å². The van der Waals surface area contributed by atoms with Gasteiger partial charge in [-0.1, -0.05) is 112 Å². The van der Waals surface area contributed by atoms with Crippen LogP contribution >= 0.6 is 0 Å². The fourth-order valence-electron chi connectivity index (χ4n) is 5.36. The molecule has 4 rings (SSSR count). The molecular formula is C36H47NO5. The maximum absolute atomic E-state index is 13.0. The molecule has 3 aromatic rings. The third kappa shape index (κ3) is 9.97. The van der Waals surface area contributed by atoms with Gasteiger partial charge >= 0.3 is 6.09 Å². The van der Waals surface area contributed by atoms with Crippen LogP contribution in [0.15, 0.2) is 91.0 Å². The van der Waals surface area contributed by atoms with Crippen LogP contribution in [-0.4, -0.2) is 43.1 Å². The highest BCUT2D eigenvalue weighted by atomic mass is 16.7. The predicted molar refractivity (Wildman–Crippen MR) is 166 cm³/mol. The standard InChI is InChI=1S/C36H47NO5/c1-28-29(2)34(27-39-25-32-18-10-5-11-19-32)42-35(30(28)3)40-23-15-7-14-22-37(24-31-16-8-4-9-17-31)36(38)41-26-33-20-12-6-13-21-33/h4-6,8-13,16-21,28-30,34-35H,7,14-15,22-27H2,1-3H3/t28-,29+,30?,34?,35+/m0/s1. The van der Waals surface area contributed by atoms with Crippen molar-refractivity contribution in [2.45, 2.75) is 72.2 Å². The SMILES string of the molecule is CC1[C@H](OCCCCCN(Cc2ccccc2)C(=O)OCc2ccccc2)OC(COCc2ccccc2)[C@H](C)[C@@H]1C. The Kier molecular flexibility index (Phi) is 12.9. The summed E-state index contributed by atoms with van der Waals surface area (Å²) in [5.74, 6) is 1.18. The minimum atomic E-state index is -0.285. The van der Waals surface area contributed by atoms with E-state index in [0.29, 0.717) is 50.7 Å². The van der Waals surface area contributed by atoms with Gasteiger partial charge in [-0.05, 0) is 47.8 Å². The van der Waals surface area contributed by atoms with Crippen LogP contribution in [0.4, 0.5) is 4.79 Å². The first-order chi connectivity index (χ1) is 20.5. The van der Waals surface area contributed by atoms with Crippen molar-refractivity contribution in [2.75, 3.05) is 19.8 Å². The number of carbonyl (C=O) groups is 1. The quantitative estimate of drug-likeness (QED) is 0.173. The van der Waals surface area contributed by atoms with Crippen LogP contribution in [-0.2, 0) is 38.7 Å². The molecule has 1 saturated heterocycles. The van der Waals surface area contributed by atoms with Gasteiger partial charge in [0.25, 0.3) is 0 Å². The minimum absolute atomic E-state index is 0.0124. The smallest absolute Gasteiger partial charge is 0.410 e. The summed E-state index contributed by atoms with van der Waals surface area (Å²) in [6.45, 7) is 9.97. The number of hydrogen-bond donors (Lipinski definition) is 0. The van der Waals surface area contributed by atoms with E-state index in [2.05, 4.69) is 32.9 Å². The summed E-state index contributed by atoms with van der Waals surface area (Å²) in [7, 11) is 0. The lowest BCUT2D eigenvalue weighted by atomic mass is 9.79.